The highest BCUT2D eigenvalue weighted by Crippen LogP contribution is 2.38. The number of carbonyl (C=O) groups excluding carboxylic acids is 1. The number of aryl methyl sites for hydroxylation is 2. The second kappa shape index (κ2) is 7.86. The summed E-state index contributed by atoms with van der Waals surface area (Å²) in [5, 5.41) is 11.9. The predicted octanol–water partition coefficient (Wildman–Crippen LogP) is 4.34. The molecule has 2 aliphatic rings. The summed E-state index contributed by atoms with van der Waals surface area (Å²) in [6, 6.07) is 10.5. The Morgan fingerprint density at radius 1 is 1.23 bits per heavy atom. The topological polar surface area (TPSA) is 64.8 Å². The Hall–Kier alpha value is -3.28. The fourth-order valence-electron chi connectivity index (χ4n) is 4.26. The van der Waals surface area contributed by atoms with Crippen LogP contribution in [0, 0.1) is 6.92 Å². The van der Waals surface area contributed by atoms with Crippen LogP contribution in [0.1, 0.15) is 37.0 Å². The van der Waals surface area contributed by atoms with Crippen LogP contribution in [0.2, 0.25) is 0 Å². The maximum Gasteiger partial charge on any atom is 0.503 e. The van der Waals surface area contributed by atoms with E-state index < -0.39 is 0 Å². The molecule has 2 amide bonds. The van der Waals surface area contributed by atoms with Crippen molar-refractivity contribution in [3.63, 3.8) is 0 Å². The first kappa shape index (κ1) is 20.0. The Morgan fingerprint density at radius 2 is 2.03 bits per heavy atom. The van der Waals surface area contributed by atoms with Gasteiger partial charge in [0.1, 0.15) is 12.0 Å². The zero-order chi connectivity index (χ0) is 21.4. The minimum Gasteiger partial charge on any atom is -0.496 e. The van der Waals surface area contributed by atoms with Crippen molar-refractivity contribution in [2.24, 2.45) is 0 Å². The number of hydrogen-bond acceptors (Lipinski definition) is 4. The number of aliphatic hydroxyl groups is 1. The summed E-state index contributed by atoms with van der Waals surface area (Å²) in [4.78, 5) is 14.4. The van der Waals surface area contributed by atoms with E-state index in [1.165, 1.54) is 27.6 Å². The largest absolute Gasteiger partial charge is 0.503 e. The second-order valence-corrected chi connectivity index (χ2v) is 8.13. The Balaban J connectivity index is 1.80. The van der Waals surface area contributed by atoms with Crippen LogP contribution in [0.15, 0.2) is 42.4 Å². The molecule has 30 heavy (non-hydrogen) atoms. The van der Waals surface area contributed by atoms with E-state index in [1.54, 1.807) is 13.3 Å². The highest BCUT2D eigenvalue weighted by atomic mass is 16.5. The van der Waals surface area contributed by atoms with Gasteiger partial charge in [-0.05, 0) is 80.6 Å². The van der Waals surface area contributed by atoms with Gasteiger partial charge in [0.25, 0.3) is 0 Å². The van der Waals surface area contributed by atoms with Gasteiger partial charge in [0.2, 0.25) is 0 Å². The lowest BCUT2D eigenvalue weighted by atomic mass is 9.91. The summed E-state index contributed by atoms with van der Waals surface area (Å²) in [6.07, 6.45) is 5.27. The minimum atomic E-state index is -0.386. The molecule has 0 saturated heterocycles. The van der Waals surface area contributed by atoms with Crippen LogP contribution in [0.4, 0.5) is 10.5 Å². The van der Waals surface area contributed by atoms with Gasteiger partial charge >= 0.3 is 11.9 Å². The third kappa shape index (κ3) is 3.65. The first-order valence-corrected chi connectivity index (χ1v) is 10.3. The maximum absolute atomic E-state index is 11.9. The Kier molecular flexibility index (Phi) is 5.24. The smallest absolute Gasteiger partial charge is 0.496 e. The summed E-state index contributed by atoms with van der Waals surface area (Å²) in [5.74, 6) is 0.626. The van der Waals surface area contributed by atoms with Crippen LogP contribution in [0.5, 0.6) is 5.75 Å². The van der Waals surface area contributed by atoms with Gasteiger partial charge in [-0.2, -0.15) is 14.7 Å². The molecule has 0 fully saturated rings. The molecule has 2 aromatic rings. The van der Waals surface area contributed by atoms with E-state index in [1.807, 2.05) is 18.2 Å². The van der Waals surface area contributed by atoms with Gasteiger partial charge in [-0.15, -0.1) is 0 Å². The lowest BCUT2D eigenvalue weighted by Gasteiger charge is -2.35. The average molecular weight is 407 g/mol. The van der Waals surface area contributed by atoms with E-state index in [2.05, 4.69) is 43.1 Å². The minimum absolute atomic E-state index is 0.162. The number of amides is 2. The number of aliphatic hydroxyl groups excluding tert-OH is 1. The van der Waals surface area contributed by atoms with Gasteiger partial charge in [0, 0.05) is 29.4 Å². The van der Waals surface area contributed by atoms with Gasteiger partial charge in [-0.25, -0.2) is 0 Å². The van der Waals surface area contributed by atoms with Crippen molar-refractivity contribution in [1.82, 2.24) is 5.32 Å². The molecule has 0 saturated carbocycles. The highest BCUT2D eigenvalue weighted by molar-refractivity contribution is 5.87. The summed E-state index contributed by atoms with van der Waals surface area (Å²) >= 11 is 0. The SMILES string of the molecule is COc1ccc(C=[N+]2C=C(O)NC2=O)cc1-c1cc2c(cc1C)N(C(C)C)CCC2. The van der Waals surface area contributed by atoms with Crippen molar-refractivity contribution >= 4 is 17.9 Å². The van der Waals surface area contributed by atoms with Crippen LogP contribution < -0.4 is 15.0 Å². The number of ether oxygens (including phenoxy) is 1. The molecule has 2 aromatic carbocycles. The molecule has 0 aliphatic carbocycles. The molecule has 0 atom stereocenters. The van der Waals surface area contributed by atoms with E-state index in [-0.39, 0.29) is 11.9 Å². The second-order valence-electron chi connectivity index (χ2n) is 8.13. The van der Waals surface area contributed by atoms with Crippen molar-refractivity contribution in [3.8, 4) is 16.9 Å². The normalized spacial score (nSPS) is 17.2. The van der Waals surface area contributed by atoms with E-state index in [4.69, 9.17) is 4.74 Å². The average Bonchev–Trinajstić information content (AvgIpc) is 3.03. The maximum atomic E-state index is 11.9. The number of nitrogens with one attached hydrogen (secondary N) is 1. The monoisotopic (exact) mass is 406 g/mol. The molecule has 2 heterocycles. The van der Waals surface area contributed by atoms with Crippen molar-refractivity contribution in [2.45, 2.75) is 39.7 Å². The third-order valence-electron chi connectivity index (χ3n) is 5.74. The molecule has 0 unspecified atom stereocenters. The van der Waals surface area contributed by atoms with Gasteiger partial charge in [-0.1, -0.05) is 0 Å². The number of methoxy groups -OCH3 is 1. The van der Waals surface area contributed by atoms with Gasteiger partial charge < -0.3 is 14.7 Å². The Bertz CT molecular complexity index is 1070. The summed E-state index contributed by atoms with van der Waals surface area (Å²) in [6.45, 7) is 7.70. The molecule has 4 rings (SSSR count). The standard InChI is InChI=1S/C24H27N3O3/c1-15(2)27-9-5-6-18-12-19(16(3)10-21(18)27)20-11-17(7-8-22(20)30-4)13-26-14-23(28)25-24(26)29/h7-8,10-15H,5-6,9H2,1-4H3,(H-,25,28,29)/p+1. The Labute approximate surface area is 177 Å². The van der Waals surface area contributed by atoms with E-state index >= 15 is 0 Å². The zero-order valence-electron chi connectivity index (χ0n) is 17.9. The van der Waals surface area contributed by atoms with Gasteiger partial charge in [-0.3, -0.25) is 0 Å². The quantitative estimate of drug-likeness (QED) is 0.742. The number of rotatable bonds is 4. The molecule has 156 valence electrons. The number of carbonyl (C=O) groups is 1. The molecule has 2 N–H and O–H groups in total. The van der Waals surface area contributed by atoms with Crippen molar-refractivity contribution in [2.75, 3.05) is 18.6 Å². The fourth-order valence-corrected chi connectivity index (χ4v) is 4.26. The van der Waals surface area contributed by atoms with Crippen LogP contribution >= 0.6 is 0 Å². The number of fused-ring (bicyclic) bond motifs is 1. The predicted molar refractivity (Wildman–Crippen MR) is 119 cm³/mol. The molecule has 6 nitrogen and oxygen atoms in total. The molecule has 6 heteroatoms. The number of hydrogen-bond donors (Lipinski definition) is 2. The lowest BCUT2D eigenvalue weighted by molar-refractivity contribution is -0.336. The molecule has 0 radical (unpaired) electrons. The van der Waals surface area contributed by atoms with E-state index in [9.17, 15) is 9.90 Å². The van der Waals surface area contributed by atoms with E-state index in [0.717, 1.165) is 41.8 Å². The number of benzene rings is 2. The summed E-state index contributed by atoms with van der Waals surface area (Å²) in [5.41, 5.74) is 6.84. The summed E-state index contributed by atoms with van der Waals surface area (Å²) in [7, 11) is 1.67. The Morgan fingerprint density at radius 3 is 2.70 bits per heavy atom. The first-order chi connectivity index (χ1) is 14.4. The van der Waals surface area contributed by atoms with Crippen LogP contribution in [-0.4, -0.2) is 41.6 Å². The number of nitrogens with zero attached hydrogens (tertiary/aromatic N) is 2. The van der Waals surface area contributed by atoms with Crippen LogP contribution in [-0.2, 0) is 6.42 Å². The number of anilines is 1. The molecule has 2 aliphatic heterocycles. The van der Waals surface area contributed by atoms with Crippen LogP contribution in [0.25, 0.3) is 11.1 Å². The van der Waals surface area contributed by atoms with Crippen molar-refractivity contribution in [1.29, 1.82) is 0 Å². The number of urea groups is 1. The van der Waals surface area contributed by atoms with Gasteiger partial charge in [0.15, 0.2) is 6.20 Å². The van der Waals surface area contributed by atoms with Crippen molar-refractivity contribution in [3.05, 3.63) is 59.1 Å². The molecular weight excluding hydrogens is 378 g/mol. The molecule has 0 aromatic heterocycles. The highest BCUT2D eigenvalue weighted by Gasteiger charge is 2.26. The third-order valence-corrected chi connectivity index (χ3v) is 5.74. The lowest BCUT2D eigenvalue weighted by Crippen LogP contribution is -2.35. The first-order valence-electron chi connectivity index (χ1n) is 10.3. The molecule has 0 bridgehead atoms. The zero-order valence-corrected chi connectivity index (χ0v) is 17.9. The van der Waals surface area contributed by atoms with Gasteiger partial charge in [0.05, 0.1) is 7.11 Å². The molecular formula is C24H28N3O3+. The van der Waals surface area contributed by atoms with Crippen LogP contribution in [0.3, 0.4) is 0 Å². The van der Waals surface area contributed by atoms with E-state index in [0.29, 0.717) is 6.04 Å². The van der Waals surface area contributed by atoms with Crippen molar-refractivity contribution < 1.29 is 19.2 Å². The summed E-state index contributed by atoms with van der Waals surface area (Å²) < 4.78 is 6.99. The fraction of sp³-hybridized carbons (Fsp3) is 0.333. The molecule has 0 spiro atoms.